The Hall–Kier alpha value is -2.54. The van der Waals surface area contributed by atoms with Gasteiger partial charge in [-0.15, -0.1) is 11.3 Å². The van der Waals surface area contributed by atoms with Crippen molar-refractivity contribution in [2.75, 3.05) is 5.32 Å². The van der Waals surface area contributed by atoms with Crippen molar-refractivity contribution >= 4 is 22.4 Å². The van der Waals surface area contributed by atoms with Crippen molar-refractivity contribution < 1.29 is 9.21 Å². The Kier molecular flexibility index (Phi) is 3.74. The van der Waals surface area contributed by atoms with Crippen molar-refractivity contribution in [3.05, 3.63) is 47.7 Å². The molecule has 0 unspecified atom stereocenters. The average Bonchev–Trinajstić information content (AvgIpc) is 3.17. The van der Waals surface area contributed by atoms with Gasteiger partial charge < -0.3 is 9.73 Å². The van der Waals surface area contributed by atoms with E-state index in [0.29, 0.717) is 12.3 Å². The minimum atomic E-state index is -0.254. The molecule has 21 heavy (non-hydrogen) atoms. The molecule has 3 heterocycles. The van der Waals surface area contributed by atoms with Gasteiger partial charge in [0, 0.05) is 13.2 Å². The summed E-state index contributed by atoms with van der Waals surface area (Å²) in [4.78, 5) is 11.7. The second-order valence-electron chi connectivity index (χ2n) is 4.39. The van der Waals surface area contributed by atoms with Crippen LogP contribution in [0.3, 0.4) is 0 Å². The van der Waals surface area contributed by atoms with Gasteiger partial charge in [0.25, 0.3) is 0 Å². The van der Waals surface area contributed by atoms with E-state index in [1.54, 1.807) is 10.9 Å². The first-order chi connectivity index (χ1) is 10.2. The van der Waals surface area contributed by atoms with Crippen LogP contribution in [-0.2, 0) is 13.6 Å². The lowest BCUT2D eigenvalue weighted by Crippen LogP contribution is -2.27. The average molecular weight is 302 g/mol. The maximum Gasteiger partial charge on any atom is 0.320 e. The number of thiophene rings is 1. The number of urea groups is 1. The molecule has 6 nitrogen and oxygen atoms in total. The molecule has 0 atom stereocenters. The molecular formula is C14H14N4O2S. The van der Waals surface area contributed by atoms with Crippen LogP contribution >= 0.6 is 11.3 Å². The van der Waals surface area contributed by atoms with Crippen molar-refractivity contribution in [3.63, 3.8) is 0 Å². The summed E-state index contributed by atoms with van der Waals surface area (Å²) >= 11 is 1.47. The molecule has 3 rings (SSSR count). The van der Waals surface area contributed by atoms with Crippen LogP contribution < -0.4 is 10.6 Å². The highest BCUT2D eigenvalue weighted by atomic mass is 32.1. The van der Waals surface area contributed by atoms with Gasteiger partial charge in [-0.05, 0) is 35.7 Å². The Labute approximate surface area is 125 Å². The molecule has 3 aromatic heterocycles. The lowest BCUT2D eigenvalue weighted by atomic mass is 10.3. The predicted molar refractivity (Wildman–Crippen MR) is 81.1 cm³/mol. The molecule has 0 aromatic carbocycles. The zero-order valence-electron chi connectivity index (χ0n) is 11.4. The Balaban J connectivity index is 1.58. The van der Waals surface area contributed by atoms with Crippen LogP contribution in [-0.4, -0.2) is 15.8 Å². The van der Waals surface area contributed by atoms with Gasteiger partial charge in [-0.3, -0.25) is 10.00 Å². The van der Waals surface area contributed by atoms with Gasteiger partial charge in [-0.1, -0.05) is 0 Å². The highest BCUT2D eigenvalue weighted by molar-refractivity contribution is 7.14. The van der Waals surface area contributed by atoms with Crippen molar-refractivity contribution in [2.45, 2.75) is 6.54 Å². The minimum Gasteiger partial charge on any atom is -0.458 e. The second-order valence-corrected chi connectivity index (χ2v) is 5.34. The van der Waals surface area contributed by atoms with Crippen molar-refractivity contribution in [2.24, 2.45) is 7.05 Å². The molecule has 3 aromatic rings. The number of hydrogen-bond donors (Lipinski definition) is 2. The van der Waals surface area contributed by atoms with Crippen LogP contribution in [0.4, 0.5) is 9.80 Å². The molecule has 0 fully saturated rings. The number of amides is 2. The molecule has 0 radical (unpaired) electrons. The Morgan fingerprint density at radius 2 is 2.29 bits per heavy atom. The largest absolute Gasteiger partial charge is 0.458 e. The SMILES string of the molecule is Cn1nccc1-c1ccc(CNC(=O)Nc2cccs2)o1. The van der Waals surface area contributed by atoms with Crippen LogP contribution in [0.15, 0.2) is 46.3 Å². The number of aromatic nitrogens is 2. The highest BCUT2D eigenvalue weighted by Gasteiger charge is 2.09. The van der Waals surface area contributed by atoms with E-state index in [-0.39, 0.29) is 6.03 Å². The molecule has 108 valence electrons. The van der Waals surface area contributed by atoms with Crippen molar-refractivity contribution in [1.82, 2.24) is 15.1 Å². The van der Waals surface area contributed by atoms with E-state index >= 15 is 0 Å². The van der Waals surface area contributed by atoms with Gasteiger partial charge >= 0.3 is 6.03 Å². The fraction of sp³-hybridized carbons (Fsp3) is 0.143. The summed E-state index contributed by atoms with van der Waals surface area (Å²) in [6.07, 6.45) is 1.71. The number of furan rings is 1. The number of carbonyl (C=O) groups is 1. The fourth-order valence-corrected chi connectivity index (χ4v) is 2.51. The quantitative estimate of drug-likeness (QED) is 0.778. The van der Waals surface area contributed by atoms with Gasteiger partial charge in [0.1, 0.15) is 11.5 Å². The first-order valence-corrected chi connectivity index (χ1v) is 7.26. The topological polar surface area (TPSA) is 72.1 Å². The molecule has 0 saturated heterocycles. The summed E-state index contributed by atoms with van der Waals surface area (Å²) in [5, 5.41) is 12.3. The summed E-state index contributed by atoms with van der Waals surface area (Å²) in [5.41, 5.74) is 0.893. The van der Waals surface area contributed by atoms with E-state index in [2.05, 4.69) is 15.7 Å². The zero-order valence-corrected chi connectivity index (χ0v) is 12.2. The van der Waals surface area contributed by atoms with Crippen LogP contribution in [0, 0.1) is 0 Å². The maximum atomic E-state index is 11.7. The van der Waals surface area contributed by atoms with Crippen molar-refractivity contribution in [3.8, 4) is 11.5 Å². The highest BCUT2D eigenvalue weighted by Crippen LogP contribution is 2.21. The summed E-state index contributed by atoms with van der Waals surface area (Å²) in [6, 6.07) is 9.05. The number of anilines is 1. The second kappa shape index (κ2) is 5.84. The first-order valence-electron chi connectivity index (χ1n) is 6.38. The van der Waals surface area contributed by atoms with Gasteiger partial charge in [0.05, 0.1) is 11.5 Å². The monoisotopic (exact) mass is 302 g/mol. The number of nitrogens with one attached hydrogen (secondary N) is 2. The van der Waals surface area contributed by atoms with Crippen molar-refractivity contribution in [1.29, 1.82) is 0 Å². The van der Waals surface area contributed by atoms with Crippen LogP contribution in [0.1, 0.15) is 5.76 Å². The van der Waals surface area contributed by atoms with E-state index in [9.17, 15) is 4.79 Å². The molecule has 7 heteroatoms. The van der Waals surface area contributed by atoms with Gasteiger partial charge in [0.15, 0.2) is 5.76 Å². The predicted octanol–water partition coefficient (Wildman–Crippen LogP) is 3.06. The number of hydrogen-bond acceptors (Lipinski definition) is 4. The number of carbonyl (C=O) groups excluding carboxylic acids is 1. The Bertz CT molecular complexity index is 730. The first kappa shape index (κ1) is 13.4. The number of aryl methyl sites for hydroxylation is 1. The molecule has 0 spiro atoms. The number of nitrogens with zero attached hydrogens (tertiary/aromatic N) is 2. The summed E-state index contributed by atoms with van der Waals surface area (Å²) in [6.45, 7) is 0.328. The van der Waals surface area contributed by atoms with E-state index in [1.807, 2.05) is 42.8 Å². The molecule has 0 aliphatic rings. The van der Waals surface area contributed by atoms with E-state index in [4.69, 9.17) is 4.42 Å². The third kappa shape index (κ3) is 3.14. The van der Waals surface area contributed by atoms with Gasteiger partial charge in [-0.25, -0.2) is 4.79 Å². The summed E-state index contributed by atoms with van der Waals surface area (Å²) < 4.78 is 7.43. The van der Waals surface area contributed by atoms with Gasteiger partial charge in [-0.2, -0.15) is 5.10 Å². The lowest BCUT2D eigenvalue weighted by Gasteiger charge is -2.04. The van der Waals surface area contributed by atoms with E-state index < -0.39 is 0 Å². The molecule has 0 bridgehead atoms. The van der Waals surface area contributed by atoms with Crippen LogP contribution in [0.5, 0.6) is 0 Å². The molecule has 2 amide bonds. The Morgan fingerprint density at radius 3 is 3.00 bits per heavy atom. The third-order valence-corrected chi connectivity index (χ3v) is 3.70. The lowest BCUT2D eigenvalue weighted by molar-refractivity contribution is 0.251. The number of rotatable bonds is 4. The molecule has 2 N–H and O–H groups in total. The summed E-state index contributed by atoms with van der Waals surface area (Å²) in [5.74, 6) is 1.41. The molecule has 0 aliphatic carbocycles. The van der Waals surface area contributed by atoms with E-state index in [1.165, 1.54) is 11.3 Å². The fourth-order valence-electron chi connectivity index (χ4n) is 1.90. The van der Waals surface area contributed by atoms with E-state index in [0.717, 1.165) is 16.5 Å². The van der Waals surface area contributed by atoms with Gasteiger partial charge in [0.2, 0.25) is 0 Å². The standard InChI is InChI=1S/C14H14N4O2S/c1-18-11(6-7-16-18)12-5-4-10(20-12)9-15-14(19)17-13-3-2-8-21-13/h2-8H,9H2,1H3,(H2,15,17,19). The molecule has 0 aliphatic heterocycles. The smallest absolute Gasteiger partial charge is 0.320 e. The maximum absolute atomic E-state index is 11.7. The zero-order chi connectivity index (χ0) is 14.7. The summed E-state index contributed by atoms with van der Waals surface area (Å²) in [7, 11) is 1.85. The molecular weight excluding hydrogens is 288 g/mol. The van der Waals surface area contributed by atoms with Crippen LogP contribution in [0.25, 0.3) is 11.5 Å². The minimum absolute atomic E-state index is 0.254. The third-order valence-electron chi connectivity index (χ3n) is 2.92. The van der Waals surface area contributed by atoms with Crippen LogP contribution in [0.2, 0.25) is 0 Å². The molecule has 0 saturated carbocycles. The normalized spacial score (nSPS) is 10.5. The Morgan fingerprint density at radius 1 is 1.38 bits per heavy atom.